The number of anilines is 1. The Balaban J connectivity index is 2.05. The summed E-state index contributed by atoms with van der Waals surface area (Å²) in [6.07, 6.45) is 1.63. The van der Waals surface area contributed by atoms with Crippen LogP contribution in [0.2, 0.25) is 0 Å². The molecule has 1 atom stereocenters. The average molecular weight is 276 g/mol. The van der Waals surface area contributed by atoms with Crippen molar-refractivity contribution in [2.24, 2.45) is 0 Å². The quantitative estimate of drug-likeness (QED) is 0.891. The molecule has 1 heterocycles. The molecular formula is C15H20N2O3. The van der Waals surface area contributed by atoms with Crippen LogP contribution in [0.4, 0.5) is 10.5 Å². The van der Waals surface area contributed by atoms with Crippen LogP contribution in [0.5, 0.6) is 0 Å². The van der Waals surface area contributed by atoms with E-state index in [1.165, 1.54) is 0 Å². The van der Waals surface area contributed by atoms with Gasteiger partial charge in [0.1, 0.15) is 0 Å². The van der Waals surface area contributed by atoms with E-state index in [9.17, 15) is 9.59 Å². The smallest absolute Gasteiger partial charge is 0.322 e. The summed E-state index contributed by atoms with van der Waals surface area (Å²) in [5.74, 6) is -0.860. The van der Waals surface area contributed by atoms with Gasteiger partial charge in [0.25, 0.3) is 0 Å². The van der Waals surface area contributed by atoms with E-state index >= 15 is 0 Å². The van der Waals surface area contributed by atoms with Gasteiger partial charge >= 0.3 is 12.0 Å². The lowest BCUT2D eigenvalue weighted by Gasteiger charge is -2.24. The van der Waals surface area contributed by atoms with E-state index < -0.39 is 5.97 Å². The molecule has 2 rings (SSSR count). The highest BCUT2D eigenvalue weighted by atomic mass is 16.4. The van der Waals surface area contributed by atoms with Gasteiger partial charge in [0, 0.05) is 18.3 Å². The van der Waals surface area contributed by atoms with Crippen molar-refractivity contribution in [3.8, 4) is 0 Å². The molecule has 0 aromatic heterocycles. The standard InChI is InChI=1S/C15H20N2O3/c1-10-6-11(2)8-12(7-10)16-15(20)17-5-3-4-13(17)9-14(18)19/h6-8,13H,3-5,9H2,1-2H3,(H,16,20)(H,18,19). The van der Waals surface area contributed by atoms with Crippen LogP contribution in [-0.4, -0.2) is 34.6 Å². The summed E-state index contributed by atoms with van der Waals surface area (Å²) in [5.41, 5.74) is 2.93. The summed E-state index contributed by atoms with van der Waals surface area (Å²) in [5, 5.41) is 11.7. The SMILES string of the molecule is Cc1cc(C)cc(NC(=O)N2CCCC2CC(=O)O)c1. The average Bonchev–Trinajstić information content (AvgIpc) is 2.74. The second-order valence-electron chi connectivity index (χ2n) is 5.39. The van der Waals surface area contributed by atoms with Gasteiger partial charge in [-0.1, -0.05) is 6.07 Å². The Morgan fingerprint density at radius 3 is 2.55 bits per heavy atom. The Hall–Kier alpha value is -2.04. The highest BCUT2D eigenvalue weighted by molar-refractivity contribution is 5.90. The number of hydrogen-bond acceptors (Lipinski definition) is 2. The van der Waals surface area contributed by atoms with Crippen LogP contribution in [-0.2, 0) is 4.79 Å². The van der Waals surface area contributed by atoms with Crippen molar-refractivity contribution in [1.82, 2.24) is 4.90 Å². The molecule has 1 aliphatic rings. The van der Waals surface area contributed by atoms with Crippen LogP contribution < -0.4 is 5.32 Å². The number of benzene rings is 1. The van der Waals surface area contributed by atoms with E-state index in [0.717, 1.165) is 29.7 Å². The summed E-state index contributed by atoms with van der Waals surface area (Å²) >= 11 is 0. The summed E-state index contributed by atoms with van der Waals surface area (Å²) in [4.78, 5) is 24.7. The minimum atomic E-state index is -0.860. The zero-order chi connectivity index (χ0) is 14.7. The second kappa shape index (κ2) is 5.94. The van der Waals surface area contributed by atoms with Crippen molar-refractivity contribution in [2.75, 3.05) is 11.9 Å². The Bertz CT molecular complexity index is 508. The van der Waals surface area contributed by atoms with Crippen molar-refractivity contribution >= 4 is 17.7 Å². The number of nitrogens with zero attached hydrogens (tertiary/aromatic N) is 1. The zero-order valence-electron chi connectivity index (χ0n) is 11.8. The molecule has 0 aliphatic carbocycles. The molecule has 1 aromatic carbocycles. The first kappa shape index (κ1) is 14.4. The molecule has 0 radical (unpaired) electrons. The van der Waals surface area contributed by atoms with E-state index in [1.807, 2.05) is 32.0 Å². The molecule has 20 heavy (non-hydrogen) atoms. The summed E-state index contributed by atoms with van der Waals surface area (Å²) in [6.45, 7) is 4.58. The Morgan fingerprint density at radius 1 is 1.30 bits per heavy atom. The number of aryl methyl sites for hydroxylation is 2. The predicted molar refractivity (Wildman–Crippen MR) is 76.9 cm³/mol. The minimum absolute atomic E-state index is 0.0142. The molecule has 0 spiro atoms. The summed E-state index contributed by atoms with van der Waals surface area (Å²) in [7, 11) is 0. The Kier molecular flexibility index (Phi) is 4.27. The highest BCUT2D eigenvalue weighted by Gasteiger charge is 2.30. The number of carbonyl (C=O) groups is 2. The van der Waals surface area contributed by atoms with Gasteiger partial charge in [-0.15, -0.1) is 0 Å². The number of amides is 2. The lowest BCUT2D eigenvalue weighted by Crippen LogP contribution is -2.39. The second-order valence-corrected chi connectivity index (χ2v) is 5.39. The van der Waals surface area contributed by atoms with Crippen LogP contribution in [0.3, 0.4) is 0 Å². The number of carbonyl (C=O) groups excluding carboxylic acids is 1. The third-order valence-corrected chi connectivity index (χ3v) is 3.52. The maximum atomic E-state index is 12.3. The predicted octanol–water partition coefficient (Wildman–Crippen LogP) is 2.77. The van der Waals surface area contributed by atoms with Gasteiger partial charge in [-0.2, -0.15) is 0 Å². The molecule has 1 aliphatic heterocycles. The monoisotopic (exact) mass is 276 g/mol. The van der Waals surface area contributed by atoms with E-state index in [2.05, 4.69) is 5.32 Å². The van der Waals surface area contributed by atoms with Gasteiger partial charge in [-0.25, -0.2) is 4.79 Å². The fourth-order valence-corrected chi connectivity index (χ4v) is 2.76. The van der Waals surface area contributed by atoms with Crippen LogP contribution >= 0.6 is 0 Å². The molecule has 0 bridgehead atoms. The van der Waals surface area contributed by atoms with E-state index in [-0.39, 0.29) is 18.5 Å². The summed E-state index contributed by atoms with van der Waals surface area (Å²) in [6, 6.07) is 5.45. The number of aliphatic carboxylic acids is 1. The van der Waals surface area contributed by atoms with Gasteiger partial charge in [-0.05, 0) is 49.9 Å². The topological polar surface area (TPSA) is 69.6 Å². The number of hydrogen-bond donors (Lipinski definition) is 2. The molecule has 108 valence electrons. The fourth-order valence-electron chi connectivity index (χ4n) is 2.76. The molecule has 5 heteroatoms. The van der Waals surface area contributed by atoms with Gasteiger partial charge in [0.15, 0.2) is 0 Å². The van der Waals surface area contributed by atoms with Gasteiger partial charge in [-0.3, -0.25) is 4.79 Å². The molecular weight excluding hydrogens is 256 g/mol. The third-order valence-electron chi connectivity index (χ3n) is 3.52. The highest BCUT2D eigenvalue weighted by Crippen LogP contribution is 2.22. The van der Waals surface area contributed by atoms with E-state index in [4.69, 9.17) is 5.11 Å². The maximum absolute atomic E-state index is 12.3. The Morgan fingerprint density at radius 2 is 1.95 bits per heavy atom. The van der Waals surface area contributed by atoms with Gasteiger partial charge in [0.05, 0.1) is 6.42 Å². The van der Waals surface area contributed by atoms with E-state index in [1.54, 1.807) is 4.90 Å². The summed E-state index contributed by atoms with van der Waals surface area (Å²) < 4.78 is 0. The van der Waals surface area contributed by atoms with Crippen molar-refractivity contribution in [2.45, 2.75) is 39.2 Å². The molecule has 1 aromatic rings. The number of nitrogens with one attached hydrogen (secondary N) is 1. The van der Waals surface area contributed by atoms with Crippen molar-refractivity contribution in [3.05, 3.63) is 29.3 Å². The van der Waals surface area contributed by atoms with E-state index in [0.29, 0.717) is 6.54 Å². The number of carboxylic acids is 1. The third kappa shape index (κ3) is 3.50. The number of urea groups is 1. The maximum Gasteiger partial charge on any atom is 0.322 e. The number of carboxylic acid groups (broad SMARTS) is 1. The first-order chi connectivity index (χ1) is 9.45. The number of likely N-dealkylation sites (tertiary alicyclic amines) is 1. The molecule has 1 fully saturated rings. The van der Waals surface area contributed by atoms with Gasteiger partial charge in [0.2, 0.25) is 0 Å². The van der Waals surface area contributed by atoms with Crippen LogP contribution in [0, 0.1) is 13.8 Å². The van der Waals surface area contributed by atoms with Crippen molar-refractivity contribution in [1.29, 1.82) is 0 Å². The first-order valence-electron chi connectivity index (χ1n) is 6.83. The lowest BCUT2D eigenvalue weighted by atomic mass is 10.1. The fraction of sp³-hybridized carbons (Fsp3) is 0.467. The number of rotatable bonds is 3. The van der Waals surface area contributed by atoms with Crippen LogP contribution in [0.25, 0.3) is 0 Å². The molecule has 1 unspecified atom stereocenters. The molecule has 2 N–H and O–H groups in total. The van der Waals surface area contributed by atoms with Gasteiger partial charge < -0.3 is 15.3 Å². The lowest BCUT2D eigenvalue weighted by molar-refractivity contribution is -0.137. The molecule has 5 nitrogen and oxygen atoms in total. The van der Waals surface area contributed by atoms with Crippen LogP contribution in [0.1, 0.15) is 30.4 Å². The van der Waals surface area contributed by atoms with Crippen molar-refractivity contribution < 1.29 is 14.7 Å². The Labute approximate surface area is 118 Å². The minimum Gasteiger partial charge on any atom is -0.481 e. The zero-order valence-corrected chi connectivity index (χ0v) is 11.8. The molecule has 1 saturated heterocycles. The molecule has 2 amide bonds. The van der Waals surface area contributed by atoms with Crippen LogP contribution in [0.15, 0.2) is 18.2 Å². The normalized spacial score (nSPS) is 18.1. The molecule has 0 saturated carbocycles. The van der Waals surface area contributed by atoms with Crippen molar-refractivity contribution in [3.63, 3.8) is 0 Å². The first-order valence-corrected chi connectivity index (χ1v) is 6.83. The largest absolute Gasteiger partial charge is 0.481 e.